The van der Waals surface area contributed by atoms with E-state index < -0.39 is 17.7 Å². The molecule has 1 fully saturated rings. The summed E-state index contributed by atoms with van der Waals surface area (Å²) in [6.45, 7) is 14.3. The summed E-state index contributed by atoms with van der Waals surface area (Å²) < 4.78 is 15.4. The molecule has 2 aromatic heterocycles. The summed E-state index contributed by atoms with van der Waals surface area (Å²) >= 11 is 0. The van der Waals surface area contributed by atoms with Gasteiger partial charge in [0.15, 0.2) is 0 Å². The number of anilines is 1. The summed E-state index contributed by atoms with van der Waals surface area (Å²) in [5.74, 6) is 1.21. The minimum Gasteiger partial charge on any atom is -0.484 e. The third kappa shape index (κ3) is 8.06. The van der Waals surface area contributed by atoms with Crippen LogP contribution in [0.5, 0.6) is 5.75 Å². The van der Waals surface area contributed by atoms with Crippen LogP contribution < -0.4 is 20.9 Å². The van der Waals surface area contributed by atoms with Crippen LogP contribution in [-0.2, 0) is 10.2 Å². The summed E-state index contributed by atoms with van der Waals surface area (Å²) in [6.07, 6.45) is 3.52. The molecule has 1 saturated heterocycles. The lowest BCUT2D eigenvalue weighted by atomic mass is 9.85. The number of urea groups is 1. The van der Waals surface area contributed by atoms with Crippen LogP contribution in [0.2, 0.25) is 0 Å². The first-order chi connectivity index (χ1) is 24.6. The first-order valence-corrected chi connectivity index (χ1v) is 17.9. The molecule has 0 spiro atoms. The molecule has 2 aliphatic rings. The van der Waals surface area contributed by atoms with Crippen LogP contribution in [0, 0.1) is 17.7 Å². The van der Waals surface area contributed by atoms with Crippen LogP contribution in [0.1, 0.15) is 105 Å². The maximum absolute atomic E-state index is 13.6. The fraction of sp³-hybridized carbons (Fsp3) is 0.425. The Labute approximate surface area is 308 Å². The van der Waals surface area contributed by atoms with Crippen LogP contribution in [-0.4, -0.2) is 55.4 Å². The maximum atomic E-state index is 13.6. The van der Waals surface area contributed by atoms with Gasteiger partial charge in [0, 0.05) is 20.9 Å². The minimum atomic E-state index is -0.649. The zero-order valence-corrected chi connectivity index (χ0v) is 31.1. The molecule has 1 aliphatic carbocycles. The highest BCUT2D eigenvalue weighted by atomic mass is 16.6. The molecule has 3 amide bonds. The summed E-state index contributed by atoms with van der Waals surface area (Å²) in [7, 11) is 0. The van der Waals surface area contributed by atoms with Gasteiger partial charge in [-0.3, -0.25) is 25.6 Å². The molecular weight excluding hydrogens is 656 g/mol. The minimum absolute atomic E-state index is 0. The summed E-state index contributed by atoms with van der Waals surface area (Å²) in [6, 6.07) is 20.1. The van der Waals surface area contributed by atoms with Gasteiger partial charge in [0.05, 0.1) is 29.7 Å². The van der Waals surface area contributed by atoms with Gasteiger partial charge < -0.3 is 14.8 Å². The van der Waals surface area contributed by atoms with Gasteiger partial charge in [-0.25, -0.2) is 14.3 Å². The Morgan fingerprint density at radius 2 is 1.65 bits per heavy atom. The number of hydrogen-bond acceptors (Lipinski definition) is 7. The van der Waals surface area contributed by atoms with Crippen LogP contribution in [0.25, 0.3) is 5.69 Å². The van der Waals surface area contributed by atoms with Crippen LogP contribution >= 0.6 is 0 Å². The maximum Gasteiger partial charge on any atom is 0.410 e. The molecule has 12 heteroatoms. The Bertz CT molecular complexity index is 2030. The Morgan fingerprint density at radius 3 is 2.35 bits per heavy atom. The molecule has 4 aromatic rings. The molecule has 6 rings (SSSR count). The number of carbonyl (C=O) groups is 2. The molecule has 278 valence electrons. The highest BCUT2D eigenvalue weighted by Crippen LogP contribution is 2.39. The molecule has 2 aromatic carbocycles. The van der Waals surface area contributed by atoms with E-state index in [1.165, 1.54) is 4.57 Å². The molecule has 0 unspecified atom stereocenters. The lowest BCUT2D eigenvalue weighted by Crippen LogP contribution is -2.46. The lowest BCUT2D eigenvalue weighted by Gasteiger charge is -2.32. The van der Waals surface area contributed by atoms with Crippen LogP contribution in [0.3, 0.4) is 0 Å². The number of aryl methyl sites for hydroxylation is 1. The number of ether oxygens (including phenoxy) is 2. The van der Waals surface area contributed by atoms with Gasteiger partial charge in [0.1, 0.15) is 34.6 Å². The van der Waals surface area contributed by atoms with E-state index in [9.17, 15) is 9.59 Å². The predicted octanol–water partition coefficient (Wildman–Crippen LogP) is 8.25. The number of nitrogens with one attached hydrogen (secondary N) is 4. The summed E-state index contributed by atoms with van der Waals surface area (Å²) in [4.78, 5) is 28.1. The summed E-state index contributed by atoms with van der Waals surface area (Å²) in [5, 5.41) is 28.7. The molecule has 3 atom stereocenters. The van der Waals surface area contributed by atoms with Crippen molar-refractivity contribution in [1.29, 1.82) is 10.8 Å². The van der Waals surface area contributed by atoms with E-state index in [2.05, 4.69) is 31.4 Å². The highest BCUT2D eigenvalue weighted by molar-refractivity contribution is 5.90. The van der Waals surface area contributed by atoms with Gasteiger partial charge in [-0.2, -0.15) is 5.10 Å². The first-order valence-electron chi connectivity index (χ1n) is 17.9. The number of benzene rings is 2. The largest absolute Gasteiger partial charge is 0.484 e. The number of likely N-dealkylation sites (tertiary alicyclic amines) is 1. The second kappa shape index (κ2) is 14.3. The van der Waals surface area contributed by atoms with E-state index in [0.717, 1.165) is 34.5 Å². The zero-order valence-electron chi connectivity index (χ0n) is 31.1. The smallest absolute Gasteiger partial charge is 0.410 e. The van der Waals surface area contributed by atoms with E-state index in [-0.39, 0.29) is 37.8 Å². The second-order valence-electron chi connectivity index (χ2n) is 15.7. The summed E-state index contributed by atoms with van der Waals surface area (Å²) in [5.41, 5.74) is 4.05. The zero-order chi connectivity index (χ0) is 37.4. The molecule has 0 radical (unpaired) electrons. The van der Waals surface area contributed by atoms with Crippen molar-refractivity contribution in [1.82, 2.24) is 24.6 Å². The average molecular weight is 711 g/mol. The van der Waals surface area contributed by atoms with Crippen molar-refractivity contribution in [3.05, 3.63) is 101 Å². The van der Waals surface area contributed by atoms with Crippen LogP contribution in [0.15, 0.2) is 72.9 Å². The second-order valence-corrected chi connectivity index (χ2v) is 15.7. The van der Waals surface area contributed by atoms with Crippen molar-refractivity contribution in [2.45, 2.75) is 103 Å². The molecule has 12 nitrogen and oxygen atoms in total. The monoisotopic (exact) mass is 710 g/mol. The number of fused-ring (bicyclic) bond motifs is 1. The number of hydrogen-bond donors (Lipinski definition) is 4. The lowest BCUT2D eigenvalue weighted by molar-refractivity contribution is 0.0263. The van der Waals surface area contributed by atoms with E-state index in [4.69, 9.17) is 25.4 Å². The average Bonchev–Trinajstić information content (AvgIpc) is 3.74. The number of nitrogens with zero attached hydrogens (tertiary/aromatic N) is 4. The SMILES string of the molecule is Cc1ccc(-n2nc(C(C)(C)C)cc2NC(=O)N[C@H]2CC[C@@H](Oc3ccc(=N)n(C(=N)[C@@H]4CCCN4C(=O)OC(C)(C)C)c3)c3ccccc32)cc1.[HH].[HH]. The van der Waals surface area contributed by atoms with Gasteiger partial charge >= 0.3 is 12.1 Å². The quantitative estimate of drug-likeness (QED) is 0.117. The third-order valence-corrected chi connectivity index (χ3v) is 9.39. The fourth-order valence-electron chi connectivity index (χ4n) is 6.72. The Kier molecular flexibility index (Phi) is 10.0. The van der Waals surface area contributed by atoms with Crippen molar-refractivity contribution in [2.24, 2.45) is 0 Å². The number of amides is 3. The Hall–Kier alpha value is -5.39. The van der Waals surface area contributed by atoms with Crippen molar-refractivity contribution < 1.29 is 21.9 Å². The Balaban J connectivity index is 0.00000325. The normalized spacial score (nSPS) is 18.8. The van der Waals surface area contributed by atoms with Crippen molar-refractivity contribution in [3.63, 3.8) is 0 Å². The van der Waals surface area contributed by atoms with E-state index in [1.807, 2.05) is 82.3 Å². The van der Waals surface area contributed by atoms with Gasteiger partial charge in [-0.15, -0.1) is 0 Å². The van der Waals surface area contributed by atoms with Crippen molar-refractivity contribution in [3.8, 4) is 11.4 Å². The first kappa shape index (κ1) is 36.4. The topological polar surface area (TPSA) is 150 Å². The molecule has 0 saturated carbocycles. The third-order valence-electron chi connectivity index (χ3n) is 9.39. The van der Waals surface area contributed by atoms with Gasteiger partial charge in [0.25, 0.3) is 0 Å². The van der Waals surface area contributed by atoms with Crippen molar-refractivity contribution >= 4 is 23.8 Å². The number of carbonyl (C=O) groups excluding carboxylic acids is 2. The van der Waals surface area contributed by atoms with E-state index in [0.29, 0.717) is 37.4 Å². The van der Waals surface area contributed by atoms with Gasteiger partial charge in [-0.05, 0) is 88.8 Å². The molecule has 52 heavy (non-hydrogen) atoms. The van der Waals surface area contributed by atoms with Crippen LogP contribution in [0.4, 0.5) is 15.4 Å². The van der Waals surface area contributed by atoms with Crippen molar-refractivity contribution in [2.75, 3.05) is 11.9 Å². The fourth-order valence-corrected chi connectivity index (χ4v) is 6.72. The standard InChI is InChI=1S/C40H50N8O4.2H2/c1-25-14-16-26(17-15-25)48-35(23-33(45-48)39(2,3)4)44-37(49)43-30-19-20-32(29-12-9-8-11-28(29)30)51-27-18-21-34(41)47(24-27)36(42)31-13-10-22-46(31)38(50)52-40(5,6)7;;/h8-9,11-12,14-18,21,23-24,30-32,41-42H,10,13,19-20,22H2,1-7H3,(H2,43,44,49);2*1H/t30-,31-,32+;;/m0../s1. The molecule has 4 N–H and O–H groups in total. The molecule has 3 heterocycles. The number of rotatable bonds is 6. The number of pyridine rings is 1. The number of aromatic nitrogens is 3. The molecule has 0 bridgehead atoms. The highest BCUT2D eigenvalue weighted by Gasteiger charge is 2.36. The molecular formula is C40H54N8O4. The Morgan fingerprint density at radius 1 is 0.942 bits per heavy atom. The van der Waals surface area contributed by atoms with Gasteiger partial charge in [-0.1, -0.05) is 62.7 Å². The van der Waals surface area contributed by atoms with E-state index in [1.54, 1.807) is 27.9 Å². The predicted molar refractivity (Wildman–Crippen MR) is 205 cm³/mol. The van der Waals surface area contributed by atoms with E-state index >= 15 is 0 Å². The van der Waals surface area contributed by atoms with Gasteiger partial charge in [0.2, 0.25) is 0 Å². The molecule has 1 aliphatic heterocycles.